The maximum atomic E-state index is 13.6. The quantitative estimate of drug-likeness (QED) is 0.434. The zero-order chi connectivity index (χ0) is 17.2. The molecule has 1 rings (SSSR count). The Morgan fingerprint density at radius 1 is 1.17 bits per heavy atom. The summed E-state index contributed by atoms with van der Waals surface area (Å²) in [6, 6.07) is 6.07. The van der Waals surface area contributed by atoms with E-state index in [-0.39, 0.29) is 25.5 Å². The van der Waals surface area contributed by atoms with E-state index in [1.165, 1.54) is 6.07 Å². The van der Waals surface area contributed by atoms with Crippen LogP contribution in [-0.4, -0.2) is 30.9 Å². The van der Waals surface area contributed by atoms with Gasteiger partial charge in [0.15, 0.2) is 0 Å². The van der Waals surface area contributed by atoms with Crippen molar-refractivity contribution in [1.29, 1.82) is 5.41 Å². The van der Waals surface area contributed by atoms with Crippen molar-refractivity contribution in [2.24, 2.45) is 0 Å². The number of nitrogens with one attached hydrogen (secondary N) is 2. The van der Waals surface area contributed by atoms with Gasteiger partial charge in [-0.2, -0.15) is 0 Å². The van der Waals surface area contributed by atoms with Crippen molar-refractivity contribution in [3.63, 3.8) is 0 Å². The molecule has 23 heavy (non-hydrogen) atoms. The van der Waals surface area contributed by atoms with E-state index >= 15 is 0 Å². The summed E-state index contributed by atoms with van der Waals surface area (Å²) in [5.74, 6) is -2.02. The molecule has 1 aromatic carbocycles. The largest absolute Gasteiger partial charge is 0.461 e. The number of carbonyl (C=O) groups excluding carboxylic acids is 2. The van der Waals surface area contributed by atoms with Crippen molar-refractivity contribution >= 4 is 17.7 Å². The average molecular weight is 322 g/mol. The van der Waals surface area contributed by atoms with E-state index in [0.717, 1.165) is 6.08 Å². The number of rotatable bonds is 8. The van der Waals surface area contributed by atoms with Gasteiger partial charge in [-0.3, -0.25) is 5.41 Å². The number of benzene rings is 1. The third kappa shape index (κ3) is 5.90. The van der Waals surface area contributed by atoms with Gasteiger partial charge in [0.1, 0.15) is 17.2 Å². The summed E-state index contributed by atoms with van der Waals surface area (Å²) in [5.41, 5.74) is -0.283. The molecule has 0 spiro atoms. The zero-order valence-electron chi connectivity index (χ0n) is 13.0. The molecule has 0 heterocycles. The molecule has 0 radical (unpaired) electrons. The molecular formula is C16H19FN2O4. The lowest BCUT2D eigenvalue weighted by atomic mass is 10.2. The molecule has 0 bridgehead atoms. The van der Waals surface area contributed by atoms with Crippen LogP contribution < -0.4 is 5.32 Å². The van der Waals surface area contributed by atoms with Gasteiger partial charge in [0, 0.05) is 18.2 Å². The minimum atomic E-state index is -0.859. The first-order valence-corrected chi connectivity index (χ1v) is 7.11. The maximum Gasteiger partial charge on any atom is 0.356 e. The van der Waals surface area contributed by atoms with Crippen LogP contribution in [0.3, 0.4) is 0 Å². The van der Waals surface area contributed by atoms with Gasteiger partial charge in [-0.1, -0.05) is 18.2 Å². The third-order valence-electron chi connectivity index (χ3n) is 2.71. The highest BCUT2D eigenvalue weighted by molar-refractivity contribution is 6.40. The van der Waals surface area contributed by atoms with Crippen LogP contribution in [0, 0.1) is 11.2 Å². The first kappa shape index (κ1) is 18.3. The lowest BCUT2D eigenvalue weighted by Crippen LogP contribution is -2.25. The molecule has 1 aromatic rings. The van der Waals surface area contributed by atoms with Crippen molar-refractivity contribution in [2.75, 3.05) is 13.2 Å². The smallest absolute Gasteiger partial charge is 0.356 e. The van der Waals surface area contributed by atoms with Crippen LogP contribution in [0.4, 0.5) is 4.39 Å². The minimum Gasteiger partial charge on any atom is -0.461 e. The Morgan fingerprint density at radius 2 is 1.78 bits per heavy atom. The fraction of sp³-hybridized carbons (Fsp3) is 0.312. The van der Waals surface area contributed by atoms with Crippen LogP contribution in [0.15, 0.2) is 36.0 Å². The molecule has 124 valence electrons. The van der Waals surface area contributed by atoms with Gasteiger partial charge in [0.25, 0.3) is 0 Å². The van der Waals surface area contributed by atoms with Gasteiger partial charge in [0.05, 0.1) is 13.2 Å². The Balaban J connectivity index is 2.88. The highest BCUT2D eigenvalue weighted by atomic mass is 19.1. The fourth-order valence-corrected chi connectivity index (χ4v) is 1.64. The summed E-state index contributed by atoms with van der Waals surface area (Å²) in [6.07, 6.45) is 1.01. The van der Waals surface area contributed by atoms with Crippen LogP contribution >= 0.6 is 0 Å². The topological polar surface area (TPSA) is 88.5 Å². The van der Waals surface area contributed by atoms with Gasteiger partial charge in [-0.15, -0.1) is 0 Å². The first-order valence-electron chi connectivity index (χ1n) is 7.11. The number of halogens is 1. The standard InChI is InChI=1S/C16H19FN2O4/c1-3-22-15(20)13(18)9-14(16(21)23-4-2)19-10-11-7-5-6-8-12(11)17/h5-9,18-19H,3-4,10H2,1-2H3/b14-9-,18-13?. The lowest BCUT2D eigenvalue weighted by Gasteiger charge is -2.11. The Kier molecular flexibility index (Phi) is 7.45. The van der Waals surface area contributed by atoms with Gasteiger partial charge in [-0.25, -0.2) is 14.0 Å². The minimum absolute atomic E-state index is 0.00737. The van der Waals surface area contributed by atoms with Crippen LogP contribution in [0.1, 0.15) is 19.4 Å². The summed E-state index contributed by atoms with van der Waals surface area (Å²) in [6.45, 7) is 3.49. The summed E-state index contributed by atoms with van der Waals surface area (Å²) >= 11 is 0. The molecule has 0 aliphatic carbocycles. The summed E-state index contributed by atoms with van der Waals surface area (Å²) < 4.78 is 23.1. The number of hydrogen-bond donors (Lipinski definition) is 2. The number of ether oxygens (including phenoxy) is 2. The number of hydrogen-bond acceptors (Lipinski definition) is 6. The Bertz CT molecular complexity index is 614. The predicted molar refractivity (Wildman–Crippen MR) is 82.3 cm³/mol. The highest BCUT2D eigenvalue weighted by Gasteiger charge is 2.16. The Hall–Kier alpha value is -2.70. The number of esters is 2. The number of carbonyl (C=O) groups is 2. The van der Waals surface area contributed by atoms with Crippen molar-refractivity contribution in [2.45, 2.75) is 20.4 Å². The molecule has 0 aliphatic rings. The summed E-state index contributed by atoms with van der Waals surface area (Å²) in [7, 11) is 0. The van der Waals surface area contributed by atoms with Crippen LogP contribution in [-0.2, 0) is 25.6 Å². The second kappa shape index (κ2) is 9.34. The zero-order valence-corrected chi connectivity index (χ0v) is 13.0. The molecule has 0 saturated carbocycles. The molecule has 0 saturated heterocycles. The van der Waals surface area contributed by atoms with Gasteiger partial charge < -0.3 is 14.8 Å². The van der Waals surface area contributed by atoms with Gasteiger partial charge >= 0.3 is 11.9 Å². The molecule has 0 aromatic heterocycles. The third-order valence-corrected chi connectivity index (χ3v) is 2.71. The molecule has 6 nitrogen and oxygen atoms in total. The normalized spacial score (nSPS) is 10.8. The van der Waals surface area contributed by atoms with E-state index in [2.05, 4.69) is 10.1 Å². The molecule has 0 aliphatic heterocycles. The predicted octanol–water partition coefficient (Wildman–Crippen LogP) is 1.95. The van der Waals surface area contributed by atoms with Crippen LogP contribution in [0.25, 0.3) is 0 Å². The summed E-state index contributed by atoms with van der Waals surface area (Å²) in [4.78, 5) is 23.3. The molecule has 0 atom stereocenters. The van der Waals surface area contributed by atoms with E-state index in [0.29, 0.717) is 5.56 Å². The van der Waals surface area contributed by atoms with E-state index in [9.17, 15) is 14.0 Å². The van der Waals surface area contributed by atoms with Crippen molar-refractivity contribution < 1.29 is 23.5 Å². The van der Waals surface area contributed by atoms with Crippen molar-refractivity contribution in [3.05, 3.63) is 47.4 Å². The monoisotopic (exact) mass is 322 g/mol. The van der Waals surface area contributed by atoms with E-state index < -0.39 is 23.5 Å². The van der Waals surface area contributed by atoms with E-state index in [1.54, 1.807) is 32.0 Å². The molecule has 0 fully saturated rings. The Morgan fingerprint density at radius 3 is 2.39 bits per heavy atom. The van der Waals surface area contributed by atoms with Crippen molar-refractivity contribution in [1.82, 2.24) is 5.32 Å². The van der Waals surface area contributed by atoms with Gasteiger partial charge in [-0.05, 0) is 19.9 Å². The van der Waals surface area contributed by atoms with Gasteiger partial charge in [0.2, 0.25) is 0 Å². The highest BCUT2D eigenvalue weighted by Crippen LogP contribution is 2.07. The maximum absolute atomic E-state index is 13.6. The van der Waals surface area contributed by atoms with Crippen LogP contribution in [0.5, 0.6) is 0 Å². The van der Waals surface area contributed by atoms with E-state index in [4.69, 9.17) is 10.1 Å². The molecule has 7 heteroatoms. The lowest BCUT2D eigenvalue weighted by molar-refractivity contribution is -0.139. The second-order valence-corrected chi connectivity index (χ2v) is 4.36. The fourth-order valence-electron chi connectivity index (χ4n) is 1.64. The first-order chi connectivity index (χ1) is 11.0. The average Bonchev–Trinajstić information content (AvgIpc) is 2.53. The SMILES string of the molecule is CCOC(=O)C(=N)/C=C(\NCc1ccccc1F)C(=O)OCC. The second-order valence-electron chi connectivity index (χ2n) is 4.36. The molecule has 0 amide bonds. The van der Waals surface area contributed by atoms with Crippen LogP contribution in [0.2, 0.25) is 0 Å². The molecule has 0 unspecified atom stereocenters. The molecular weight excluding hydrogens is 303 g/mol. The van der Waals surface area contributed by atoms with E-state index in [1.807, 2.05) is 0 Å². The molecule has 2 N–H and O–H groups in total. The Labute approximate surface area is 133 Å². The van der Waals surface area contributed by atoms with Crippen molar-refractivity contribution in [3.8, 4) is 0 Å². The summed E-state index contributed by atoms with van der Waals surface area (Å²) in [5, 5.41) is 10.3.